The van der Waals surface area contributed by atoms with Gasteiger partial charge in [-0.3, -0.25) is 4.40 Å². The molecule has 3 aromatic rings. The Morgan fingerprint density at radius 1 is 1.23 bits per heavy atom. The molecule has 10 heteroatoms. The number of nitrogens with one attached hydrogen (secondary N) is 1. The van der Waals surface area contributed by atoms with Gasteiger partial charge in [-0.1, -0.05) is 0 Å². The van der Waals surface area contributed by atoms with Crippen LogP contribution in [-0.4, -0.2) is 52.4 Å². The van der Waals surface area contributed by atoms with Gasteiger partial charge in [0, 0.05) is 23.6 Å². The molecule has 31 heavy (non-hydrogen) atoms. The number of fused-ring (bicyclic) bond motifs is 1. The second kappa shape index (κ2) is 8.84. The topological polar surface area (TPSA) is 111 Å². The van der Waals surface area contributed by atoms with Crippen molar-refractivity contribution in [1.29, 1.82) is 0 Å². The Morgan fingerprint density at radius 3 is 2.55 bits per heavy atom. The van der Waals surface area contributed by atoms with Crippen LogP contribution in [0.3, 0.4) is 0 Å². The van der Waals surface area contributed by atoms with E-state index in [4.69, 9.17) is 14.2 Å². The molecule has 9 nitrogen and oxygen atoms in total. The minimum atomic E-state index is -1.20. The van der Waals surface area contributed by atoms with Crippen molar-refractivity contribution < 1.29 is 28.9 Å². The third-order valence-electron chi connectivity index (χ3n) is 4.40. The molecule has 0 aliphatic rings. The average Bonchev–Trinajstić information content (AvgIpc) is 3.27. The zero-order valence-corrected chi connectivity index (χ0v) is 18.8. The van der Waals surface area contributed by atoms with Crippen LogP contribution in [-0.2, 0) is 16.0 Å². The fraction of sp³-hybridized carbons (Fsp3) is 0.381. The molecule has 1 amide bonds. The highest BCUT2D eigenvalue weighted by molar-refractivity contribution is 7.15. The van der Waals surface area contributed by atoms with E-state index in [0.717, 1.165) is 5.56 Å². The number of carbonyl (C=O) groups is 2. The molecule has 1 atom stereocenters. The van der Waals surface area contributed by atoms with Crippen LogP contribution in [0.4, 0.5) is 4.79 Å². The summed E-state index contributed by atoms with van der Waals surface area (Å²) in [4.78, 5) is 29.5. The van der Waals surface area contributed by atoms with Gasteiger partial charge in [-0.15, -0.1) is 11.3 Å². The highest BCUT2D eigenvalue weighted by Gasteiger charge is 2.28. The number of aromatic nitrogens is 2. The number of hydrogen-bond acceptors (Lipinski definition) is 7. The van der Waals surface area contributed by atoms with E-state index in [2.05, 4.69) is 10.3 Å². The summed E-state index contributed by atoms with van der Waals surface area (Å²) in [6, 6.07) is 4.17. The first kappa shape index (κ1) is 22.4. The Labute approximate surface area is 183 Å². The van der Waals surface area contributed by atoms with Crippen molar-refractivity contribution >= 4 is 28.4 Å². The van der Waals surface area contributed by atoms with Crippen molar-refractivity contribution in [3.8, 4) is 22.8 Å². The molecular weight excluding hydrogens is 422 g/mol. The Morgan fingerprint density at radius 2 is 1.94 bits per heavy atom. The number of methoxy groups -OCH3 is 2. The van der Waals surface area contributed by atoms with Crippen molar-refractivity contribution in [1.82, 2.24) is 14.7 Å². The van der Waals surface area contributed by atoms with Crippen LogP contribution in [0.15, 0.2) is 29.8 Å². The molecule has 0 bridgehead atoms. The predicted molar refractivity (Wildman–Crippen MR) is 116 cm³/mol. The summed E-state index contributed by atoms with van der Waals surface area (Å²) in [6.07, 6.45) is 1.04. The number of aliphatic carboxylic acids is 1. The van der Waals surface area contributed by atoms with Crippen molar-refractivity contribution in [3.05, 3.63) is 35.5 Å². The first-order valence-corrected chi connectivity index (χ1v) is 10.4. The number of benzene rings is 1. The number of ether oxygens (including phenoxy) is 3. The van der Waals surface area contributed by atoms with Gasteiger partial charge in [-0.2, -0.15) is 0 Å². The minimum absolute atomic E-state index is 0.0101. The lowest BCUT2D eigenvalue weighted by Gasteiger charge is -2.22. The van der Waals surface area contributed by atoms with Gasteiger partial charge in [-0.25, -0.2) is 14.6 Å². The number of carbonyl (C=O) groups excluding carboxylic acids is 1. The fourth-order valence-electron chi connectivity index (χ4n) is 3.09. The minimum Gasteiger partial charge on any atom is -0.493 e. The second-order valence-electron chi connectivity index (χ2n) is 7.77. The Bertz CT molecular complexity index is 1100. The Kier molecular flexibility index (Phi) is 6.40. The largest absolute Gasteiger partial charge is 0.493 e. The van der Waals surface area contributed by atoms with Gasteiger partial charge in [-0.05, 0) is 39.0 Å². The van der Waals surface area contributed by atoms with Gasteiger partial charge in [0.2, 0.25) is 0 Å². The summed E-state index contributed by atoms with van der Waals surface area (Å²) >= 11 is 1.43. The SMILES string of the molecule is COc1ccc(-c2nc3sccn3c2CC(NC(=O)OC(C)(C)C)C(=O)O)cc1OC. The summed E-state index contributed by atoms with van der Waals surface area (Å²) < 4.78 is 17.7. The summed E-state index contributed by atoms with van der Waals surface area (Å²) in [5.41, 5.74) is 1.25. The molecular formula is C21H25N3O6S. The standard InChI is InChI=1S/C21H25N3O6S/c1-21(2,3)30-20(27)22-13(18(25)26)11-14-17(23-19-24(14)8-9-31-19)12-6-7-15(28-4)16(10-12)29-5/h6-10,13H,11H2,1-5H3,(H,22,27)(H,25,26). The fourth-order valence-corrected chi connectivity index (χ4v) is 3.82. The zero-order valence-electron chi connectivity index (χ0n) is 18.0. The third-order valence-corrected chi connectivity index (χ3v) is 5.16. The molecule has 0 fully saturated rings. The number of hydrogen-bond donors (Lipinski definition) is 2. The Balaban J connectivity index is 1.98. The first-order valence-electron chi connectivity index (χ1n) is 9.52. The first-order chi connectivity index (χ1) is 14.6. The molecule has 3 rings (SSSR count). The van der Waals surface area contributed by atoms with E-state index in [-0.39, 0.29) is 6.42 Å². The predicted octanol–water partition coefficient (Wildman–Crippen LogP) is 3.60. The lowest BCUT2D eigenvalue weighted by Crippen LogP contribution is -2.44. The van der Waals surface area contributed by atoms with Gasteiger partial charge < -0.3 is 24.6 Å². The third kappa shape index (κ3) is 5.08. The average molecular weight is 448 g/mol. The van der Waals surface area contributed by atoms with E-state index >= 15 is 0 Å². The maximum atomic E-state index is 12.2. The lowest BCUT2D eigenvalue weighted by atomic mass is 10.0. The molecule has 0 radical (unpaired) electrons. The number of rotatable bonds is 7. The zero-order chi connectivity index (χ0) is 22.8. The highest BCUT2D eigenvalue weighted by atomic mass is 32.1. The number of nitrogens with zero attached hydrogens (tertiary/aromatic N) is 2. The van der Waals surface area contributed by atoms with Crippen LogP contribution < -0.4 is 14.8 Å². The van der Waals surface area contributed by atoms with Crippen LogP contribution in [0.2, 0.25) is 0 Å². The van der Waals surface area contributed by atoms with Crippen LogP contribution in [0.1, 0.15) is 26.5 Å². The number of imidazole rings is 1. The number of carboxylic acids is 1. The number of amides is 1. The van der Waals surface area contributed by atoms with Crippen LogP contribution >= 0.6 is 11.3 Å². The van der Waals surface area contributed by atoms with Gasteiger partial charge in [0.25, 0.3) is 0 Å². The maximum Gasteiger partial charge on any atom is 0.408 e. The summed E-state index contributed by atoms with van der Waals surface area (Å²) in [6.45, 7) is 5.14. The van der Waals surface area contributed by atoms with Crippen LogP contribution in [0.5, 0.6) is 11.5 Å². The second-order valence-corrected chi connectivity index (χ2v) is 8.65. The summed E-state index contributed by atoms with van der Waals surface area (Å²) in [7, 11) is 3.09. The highest BCUT2D eigenvalue weighted by Crippen LogP contribution is 2.34. The maximum absolute atomic E-state index is 12.2. The van der Waals surface area contributed by atoms with E-state index in [0.29, 0.717) is 27.8 Å². The van der Waals surface area contributed by atoms with E-state index in [1.165, 1.54) is 11.3 Å². The van der Waals surface area contributed by atoms with E-state index in [1.54, 1.807) is 47.1 Å². The molecule has 1 aromatic carbocycles. The summed E-state index contributed by atoms with van der Waals surface area (Å²) in [5, 5.41) is 14.0. The van der Waals surface area contributed by atoms with E-state index in [9.17, 15) is 14.7 Å². The van der Waals surface area contributed by atoms with Gasteiger partial charge in [0.1, 0.15) is 11.6 Å². The molecule has 0 saturated carbocycles. The van der Waals surface area contributed by atoms with Crippen molar-refractivity contribution in [2.75, 3.05) is 14.2 Å². The molecule has 166 valence electrons. The molecule has 0 aliphatic carbocycles. The van der Waals surface area contributed by atoms with E-state index < -0.39 is 23.7 Å². The van der Waals surface area contributed by atoms with E-state index in [1.807, 2.05) is 22.0 Å². The van der Waals surface area contributed by atoms with Crippen molar-refractivity contribution in [2.45, 2.75) is 38.8 Å². The number of carboxylic acid groups (broad SMARTS) is 1. The number of thiazole rings is 1. The normalized spacial score (nSPS) is 12.4. The van der Waals surface area contributed by atoms with Gasteiger partial charge in [0.15, 0.2) is 16.5 Å². The van der Waals surface area contributed by atoms with Crippen LogP contribution in [0, 0.1) is 0 Å². The molecule has 0 saturated heterocycles. The summed E-state index contributed by atoms with van der Waals surface area (Å²) in [5.74, 6) is -0.0675. The van der Waals surface area contributed by atoms with Crippen LogP contribution in [0.25, 0.3) is 16.2 Å². The van der Waals surface area contributed by atoms with Gasteiger partial charge >= 0.3 is 12.1 Å². The lowest BCUT2D eigenvalue weighted by molar-refractivity contribution is -0.139. The molecule has 2 heterocycles. The van der Waals surface area contributed by atoms with Crippen molar-refractivity contribution in [2.24, 2.45) is 0 Å². The Hall–Kier alpha value is -3.27. The molecule has 2 N–H and O–H groups in total. The smallest absolute Gasteiger partial charge is 0.408 e. The monoisotopic (exact) mass is 447 g/mol. The molecule has 1 unspecified atom stereocenters. The molecule has 2 aromatic heterocycles. The molecule has 0 aliphatic heterocycles. The quantitative estimate of drug-likeness (QED) is 0.569. The molecule has 0 spiro atoms. The van der Waals surface area contributed by atoms with Gasteiger partial charge in [0.05, 0.1) is 25.6 Å². The number of alkyl carbamates (subject to hydrolysis) is 1. The van der Waals surface area contributed by atoms with Crippen molar-refractivity contribution in [3.63, 3.8) is 0 Å².